The van der Waals surface area contributed by atoms with Crippen LogP contribution in [0.2, 0.25) is 5.02 Å². The van der Waals surface area contributed by atoms with E-state index in [0.717, 1.165) is 0 Å². The second-order valence-corrected chi connectivity index (χ2v) is 5.94. The van der Waals surface area contributed by atoms with Gasteiger partial charge < -0.3 is 14.8 Å². The van der Waals surface area contributed by atoms with Gasteiger partial charge in [-0.3, -0.25) is 9.59 Å². The Morgan fingerprint density at radius 2 is 1.88 bits per heavy atom. The monoisotopic (exact) mass is 355 g/mol. The number of rotatable bonds is 6. The lowest BCUT2D eigenvalue weighted by Gasteiger charge is -2.15. The van der Waals surface area contributed by atoms with Crippen molar-refractivity contribution in [1.29, 1.82) is 0 Å². The first-order valence-electron chi connectivity index (χ1n) is 7.42. The molecule has 0 aromatic heterocycles. The number of carbonyl (C=O) groups is 2. The van der Waals surface area contributed by atoms with Crippen molar-refractivity contribution < 1.29 is 19.1 Å². The largest absolute Gasteiger partial charge is 0.493 e. The SMILES string of the molecule is COc1cc(/C=N\NC(=O)C(=O)NC(C)C)cc(Cl)c1OC(C)C. The van der Waals surface area contributed by atoms with Crippen LogP contribution in [-0.4, -0.2) is 37.3 Å². The second-order valence-electron chi connectivity index (χ2n) is 5.53. The van der Waals surface area contributed by atoms with Gasteiger partial charge in [-0.05, 0) is 45.4 Å². The molecule has 0 aliphatic carbocycles. The van der Waals surface area contributed by atoms with Gasteiger partial charge in [-0.25, -0.2) is 5.43 Å². The van der Waals surface area contributed by atoms with E-state index >= 15 is 0 Å². The van der Waals surface area contributed by atoms with Gasteiger partial charge in [0.2, 0.25) is 0 Å². The summed E-state index contributed by atoms with van der Waals surface area (Å²) in [5, 5.41) is 6.55. The van der Waals surface area contributed by atoms with Crippen LogP contribution in [0, 0.1) is 0 Å². The Hall–Kier alpha value is -2.28. The highest BCUT2D eigenvalue weighted by atomic mass is 35.5. The highest BCUT2D eigenvalue weighted by molar-refractivity contribution is 6.35. The molecule has 0 atom stereocenters. The fourth-order valence-corrected chi connectivity index (χ4v) is 1.97. The summed E-state index contributed by atoms with van der Waals surface area (Å²) >= 11 is 6.19. The summed E-state index contributed by atoms with van der Waals surface area (Å²) in [4.78, 5) is 23.0. The predicted molar refractivity (Wildman–Crippen MR) is 92.8 cm³/mol. The summed E-state index contributed by atoms with van der Waals surface area (Å²) in [5.74, 6) is -0.718. The van der Waals surface area contributed by atoms with Crippen molar-refractivity contribution in [1.82, 2.24) is 10.7 Å². The quantitative estimate of drug-likeness (QED) is 0.464. The molecule has 0 unspecified atom stereocenters. The molecule has 0 radical (unpaired) electrons. The van der Waals surface area contributed by atoms with Crippen molar-refractivity contribution in [3.05, 3.63) is 22.7 Å². The van der Waals surface area contributed by atoms with Crippen LogP contribution in [0.15, 0.2) is 17.2 Å². The van der Waals surface area contributed by atoms with Crippen molar-refractivity contribution in [2.45, 2.75) is 39.8 Å². The fourth-order valence-electron chi connectivity index (χ4n) is 1.71. The molecule has 24 heavy (non-hydrogen) atoms. The number of nitrogens with zero attached hydrogens (tertiary/aromatic N) is 1. The van der Waals surface area contributed by atoms with Crippen molar-refractivity contribution in [3.8, 4) is 11.5 Å². The molecule has 0 fully saturated rings. The summed E-state index contributed by atoms with van der Waals surface area (Å²) < 4.78 is 10.9. The molecule has 132 valence electrons. The Morgan fingerprint density at radius 1 is 1.21 bits per heavy atom. The molecule has 7 nitrogen and oxygen atoms in total. The standard InChI is InChI=1S/C16H22ClN3O4/c1-9(2)19-15(21)16(22)20-18-8-11-6-12(17)14(24-10(3)4)13(7-11)23-5/h6-10H,1-5H3,(H,19,21)(H,20,22)/b18-8-. The summed E-state index contributed by atoms with van der Waals surface area (Å²) in [5.41, 5.74) is 2.72. The van der Waals surface area contributed by atoms with Crippen LogP contribution in [0.4, 0.5) is 0 Å². The van der Waals surface area contributed by atoms with E-state index in [9.17, 15) is 9.59 Å². The van der Waals surface area contributed by atoms with Crippen LogP contribution in [0.1, 0.15) is 33.3 Å². The minimum atomic E-state index is -0.849. The van der Waals surface area contributed by atoms with Crippen LogP contribution in [-0.2, 0) is 9.59 Å². The smallest absolute Gasteiger partial charge is 0.329 e. The second kappa shape index (κ2) is 9.12. The maximum Gasteiger partial charge on any atom is 0.329 e. The molecule has 0 spiro atoms. The van der Waals surface area contributed by atoms with E-state index in [1.807, 2.05) is 13.8 Å². The Morgan fingerprint density at radius 3 is 2.42 bits per heavy atom. The topological polar surface area (TPSA) is 89.0 Å². The van der Waals surface area contributed by atoms with Crippen molar-refractivity contribution >= 4 is 29.6 Å². The first kappa shape index (κ1) is 19.8. The van der Waals surface area contributed by atoms with E-state index in [0.29, 0.717) is 22.1 Å². The zero-order valence-electron chi connectivity index (χ0n) is 14.3. The minimum Gasteiger partial charge on any atom is -0.493 e. The van der Waals surface area contributed by atoms with Gasteiger partial charge in [0, 0.05) is 6.04 Å². The lowest BCUT2D eigenvalue weighted by Crippen LogP contribution is -2.41. The molecule has 2 N–H and O–H groups in total. The summed E-state index contributed by atoms with van der Waals surface area (Å²) in [7, 11) is 1.50. The minimum absolute atomic E-state index is 0.0605. The molecule has 8 heteroatoms. The maximum atomic E-state index is 11.5. The van der Waals surface area contributed by atoms with Crippen LogP contribution in [0.3, 0.4) is 0 Å². The first-order chi connectivity index (χ1) is 11.2. The summed E-state index contributed by atoms with van der Waals surface area (Å²) in [6, 6.07) is 3.14. The van der Waals surface area contributed by atoms with E-state index in [4.69, 9.17) is 21.1 Å². The van der Waals surface area contributed by atoms with E-state index < -0.39 is 11.8 Å². The number of hydrazone groups is 1. The van der Waals surface area contributed by atoms with Crippen LogP contribution >= 0.6 is 11.6 Å². The van der Waals surface area contributed by atoms with Gasteiger partial charge in [-0.1, -0.05) is 11.6 Å². The van der Waals surface area contributed by atoms with Gasteiger partial charge in [-0.15, -0.1) is 0 Å². The molecule has 0 heterocycles. The molecule has 2 amide bonds. The van der Waals surface area contributed by atoms with Gasteiger partial charge in [0.05, 0.1) is 24.5 Å². The zero-order chi connectivity index (χ0) is 18.3. The van der Waals surface area contributed by atoms with Crippen molar-refractivity contribution in [2.24, 2.45) is 5.10 Å². The fraction of sp³-hybridized carbons (Fsp3) is 0.438. The van der Waals surface area contributed by atoms with Gasteiger partial charge in [0.1, 0.15) is 0 Å². The molecule has 1 aromatic carbocycles. The van der Waals surface area contributed by atoms with Crippen molar-refractivity contribution in [3.63, 3.8) is 0 Å². The number of nitrogens with one attached hydrogen (secondary N) is 2. The molecule has 0 bridgehead atoms. The normalized spacial score (nSPS) is 11.0. The number of hydrogen-bond acceptors (Lipinski definition) is 5. The zero-order valence-corrected chi connectivity index (χ0v) is 15.1. The van der Waals surface area contributed by atoms with E-state index in [-0.39, 0.29) is 12.1 Å². The molecule has 0 saturated carbocycles. The average molecular weight is 356 g/mol. The van der Waals surface area contributed by atoms with E-state index in [1.165, 1.54) is 13.3 Å². The molecular formula is C16H22ClN3O4. The van der Waals surface area contributed by atoms with E-state index in [2.05, 4.69) is 15.8 Å². The third-order valence-corrected chi connectivity index (χ3v) is 2.89. The number of methoxy groups -OCH3 is 1. The predicted octanol–water partition coefficient (Wildman–Crippen LogP) is 2.11. The van der Waals surface area contributed by atoms with Crippen LogP contribution in [0.25, 0.3) is 0 Å². The number of halogens is 1. The number of carbonyl (C=O) groups excluding carboxylic acids is 2. The Bertz CT molecular complexity index is 630. The highest BCUT2D eigenvalue weighted by Gasteiger charge is 2.14. The Balaban J connectivity index is 2.83. The Kier molecular flexibility index (Phi) is 7.51. The molecule has 0 aliphatic heterocycles. The average Bonchev–Trinajstić information content (AvgIpc) is 2.48. The number of benzene rings is 1. The van der Waals surface area contributed by atoms with Gasteiger partial charge >= 0.3 is 11.8 Å². The maximum absolute atomic E-state index is 11.5. The summed E-state index contributed by atoms with van der Waals surface area (Å²) in [6.45, 7) is 7.26. The number of amides is 2. The van der Waals surface area contributed by atoms with Crippen LogP contribution < -0.4 is 20.2 Å². The number of hydrogen-bond donors (Lipinski definition) is 2. The third-order valence-electron chi connectivity index (χ3n) is 2.61. The van der Waals surface area contributed by atoms with Gasteiger partial charge in [-0.2, -0.15) is 5.10 Å². The van der Waals surface area contributed by atoms with E-state index in [1.54, 1.807) is 26.0 Å². The Labute approximate surface area is 146 Å². The molecular weight excluding hydrogens is 334 g/mol. The lowest BCUT2D eigenvalue weighted by atomic mass is 10.2. The lowest BCUT2D eigenvalue weighted by molar-refractivity contribution is -0.139. The molecule has 1 aromatic rings. The van der Waals surface area contributed by atoms with Crippen LogP contribution in [0.5, 0.6) is 11.5 Å². The highest BCUT2D eigenvalue weighted by Crippen LogP contribution is 2.36. The molecule has 0 aliphatic rings. The summed E-state index contributed by atoms with van der Waals surface area (Å²) in [6.07, 6.45) is 1.29. The van der Waals surface area contributed by atoms with Gasteiger partial charge in [0.15, 0.2) is 11.5 Å². The molecule has 0 saturated heterocycles. The molecule has 1 rings (SSSR count). The van der Waals surface area contributed by atoms with Gasteiger partial charge in [0.25, 0.3) is 0 Å². The van der Waals surface area contributed by atoms with Crippen molar-refractivity contribution in [2.75, 3.05) is 7.11 Å². The number of ether oxygens (including phenoxy) is 2. The third kappa shape index (κ3) is 6.08. The first-order valence-corrected chi connectivity index (χ1v) is 7.80.